The third kappa shape index (κ3) is 11.9. The zero-order valence-electron chi connectivity index (χ0n) is 20.5. The average molecular weight is 630 g/mol. The number of aryl methyl sites for hydroxylation is 2. The topological polar surface area (TPSA) is 153 Å². The van der Waals surface area contributed by atoms with Gasteiger partial charge in [0.1, 0.15) is 4.84 Å². The lowest BCUT2D eigenvalue weighted by atomic mass is 9.83. The van der Waals surface area contributed by atoms with Gasteiger partial charge in [-0.3, -0.25) is 20.2 Å². The zero-order chi connectivity index (χ0) is 28.8. The minimum Gasteiger partial charge on any atom is -0.473 e. The summed E-state index contributed by atoms with van der Waals surface area (Å²) < 4.78 is 10.3. The van der Waals surface area contributed by atoms with E-state index in [2.05, 4.69) is 20.3 Å². The fourth-order valence-corrected chi connectivity index (χ4v) is 2.94. The number of non-ortho nitro benzene ring substituents is 2. The van der Waals surface area contributed by atoms with Crippen LogP contribution >= 0.6 is 39.1 Å². The van der Waals surface area contributed by atoms with Crippen LogP contribution in [0, 0.1) is 34.1 Å². The molecule has 4 aromatic rings. The minimum absolute atomic E-state index is 0.0943. The number of hydrogen-bond donors (Lipinski definition) is 2. The van der Waals surface area contributed by atoms with E-state index in [0.717, 1.165) is 26.7 Å². The average Bonchev–Trinajstić information content (AvgIpc) is 3.56. The van der Waals surface area contributed by atoms with E-state index in [1.165, 1.54) is 36.8 Å². The summed E-state index contributed by atoms with van der Waals surface area (Å²) in [5.74, 6) is 0. The maximum absolute atomic E-state index is 10.6. The summed E-state index contributed by atoms with van der Waals surface area (Å²) in [7, 11) is -1.41. The lowest BCUT2D eigenvalue weighted by Crippen LogP contribution is -2.27. The lowest BCUT2D eigenvalue weighted by Gasteiger charge is -2.01. The number of halogens is 3. The summed E-state index contributed by atoms with van der Waals surface area (Å²) in [6, 6.07) is 12.8. The molecule has 0 unspecified atom stereocenters. The molecule has 0 aliphatic rings. The molecule has 4 rings (SSSR count). The summed E-state index contributed by atoms with van der Waals surface area (Å²) in [6.45, 7) is 5.49. The molecule has 10 nitrogen and oxygen atoms in total. The highest BCUT2D eigenvalue weighted by atomic mass is 79.9. The van der Waals surface area contributed by atoms with E-state index >= 15 is 0 Å². The normalized spacial score (nSPS) is 9.71. The van der Waals surface area contributed by atoms with E-state index in [4.69, 9.17) is 37.7 Å². The van der Waals surface area contributed by atoms with E-state index in [0.29, 0.717) is 5.46 Å². The van der Waals surface area contributed by atoms with Gasteiger partial charge in [-0.25, -0.2) is 0 Å². The Hall–Kier alpha value is -3.16. The Morgan fingerprint density at radius 3 is 1.76 bits per heavy atom. The predicted octanol–water partition coefficient (Wildman–Crippen LogP) is 6.60. The van der Waals surface area contributed by atoms with Crippen molar-refractivity contribution in [3.05, 3.63) is 109 Å². The van der Waals surface area contributed by atoms with E-state index in [1.54, 1.807) is 43.7 Å². The van der Waals surface area contributed by atoms with Crippen molar-refractivity contribution in [2.45, 2.75) is 25.6 Å². The Kier molecular flexibility index (Phi) is 14.4. The van der Waals surface area contributed by atoms with Crippen LogP contribution in [0.4, 0.5) is 11.4 Å². The van der Waals surface area contributed by atoms with Crippen molar-refractivity contribution in [1.82, 2.24) is 0 Å². The smallest absolute Gasteiger partial charge is 0.473 e. The number of nitro benzene ring substituents is 2. The van der Waals surface area contributed by atoms with Gasteiger partial charge in [0.15, 0.2) is 0 Å². The van der Waals surface area contributed by atoms with Gasteiger partial charge in [0.05, 0.1) is 34.9 Å². The number of hydrogen-bond acceptors (Lipinski definition) is 8. The van der Waals surface area contributed by atoms with Crippen LogP contribution in [0.15, 0.2) is 86.9 Å². The molecule has 14 heteroatoms. The van der Waals surface area contributed by atoms with Crippen molar-refractivity contribution in [1.29, 1.82) is 0 Å². The first-order valence-corrected chi connectivity index (χ1v) is 12.3. The SMILES string of the molecule is CC(Cl)Cl.Cc1ccc([N+](=O)[O-])cc1-c1ccoc1.Cc1ccc([N+](=O)[O-])cc1Br.OB(O)c1ccoc1. The Morgan fingerprint density at radius 2 is 1.37 bits per heavy atom. The number of benzene rings is 2. The number of alkyl halides is 2. The highest BCUT2D eigenvalue weighted by Gasteiger charge is 2.11. The molecule has 0 aliphatic carbocycles. The van der Waals surface area contributed by atoms with E-state index < -0.39 is 17.0 Å². The van der Waals surface area contributed by atoms with Gasteiger partial charge in [-0.1, -0.05) is 28.1 Å². The van der Waals surface area contributed by atoms with Gasteiger partial charge in [0.25, 0.3) is 11.4 Å². The summed E-state index contributed by atoms with van der Waals surface area (Å²) in [4.78, 5) is 19.8. The Balaban J connectivity index is 0.000000277. The van der Waals surface area contributed by atoms with Crippen molar-refractivity contribution in [2.24, 2.45) is 0 Å². The summed E-state index contributed by atoms with van der Waals surface area (Å²) in [6.07, 6.45) is 5.79. The van der Waals surface area contributed by atoms with Gasteiger partial charge in [-0.05, 0) is 49.6 Å². The zero-order valence-corrected chi connectivity index (χ0v) is 23.6. The molecule has 2 N–H and O–H groups in total. The number of nitro groups is 2. The number of nitrogens with zero attached hydrogens (tertiary/aromatic N) is 2. The molecule has 2 aromatic carbocycles. The molecule has 202 valence electrons. The third-order valence-electron chi connectivity index (χ3n) is 4.47. The second-order valence-corrected chi connectivity index (χ2v) is 9.80. The second-order valence-electron chi connectivity index (χ2n) is 7.41. The van der Waals surface area contributed by atoms with E-state index in [9.17, 15) is 20.2 Å². The molecule has 0 saturated heterocycles. The third-order valence-corrected chi connectivity index (χ3v) is 5.33. The van der Waals surface area contributed by atoms with Gasteiger partial charge in [0.2, 0.25) is 0 Å². The predicted molar refractivity (Wildman–Crippen MR) is 151 cm³/mol. The quantitative estimate of drug-likeness (QED) is 0.111. The van der Waals surface area contributed by atoms with Crippen LogP contribution in [-0.2, 0) is 0 Å². The Labute approximate surface area is 237 Å². The van der Waals surface area contributed by atoms with Crippen LogP contribution in [0.5, 0.6) is 0 Å². The molecule has 0 spiro atoms. The van der Waals surface area contributed by atoms with Crippen LogP contribution in [0.3, 0.4) is 0 Å². The fourth-order valence-electron chi connectivity index (χ4n) is 2.57. The first-order valence-electron chi connectivity index (χ1n) is 10.7. The molecule has 0 bridgehead atoms. The number of rotatable bonds is 4. The molecular weight excluding hydrogens is 606 g/mol. The highest BCUT2D eigenvalue weighted by molar-refractivity contribution is 9.10. The maximum atomic E-state index is 10.6. The first kappa shape index (κ1) is 32.9. The van der Waals surface area contributed by atoms with Crippen LogP contribution in [0.25, 0.3) is 11.1 Å². The van der Waals surface area contributed by atoms with E-state index in [-0.39, 0.29) is 16.2 Å². The molecule has 0 saturated carbocycles. The van der Waals surface area contributed by atoms with Gasteiger partial charge >= 0.3 is 7.12 Å². The Bertz CT molecular complexity index is 1280. The maximum Gasteiger partial charge on any atom is 0.491 e. The van der Waals surface area contributed by atoms with Gasteiger partial charge in [-0.2, -0.15) is 0 Å². The monoisotopic (exact) mass is 628 g/mol. The summed E-state index contributed by atoms with van der Waals surface area (Å²) in [5.41, 5.74) is 4.26. The van der Waals surface area contributed by atoms with Gasteiger partial charge < -0.3 is 18.9 Å². The van der Waals surface area contributed by atoms with E-state index in [1.807, 2.05) is 13.8 Å². The van der Waals surface area contributed by atoms with Gasteiger partial charge in [0, 0.05) is 39.8 Å². The highest BCUT2D eigenvalue weighted by Crippen LogP contribution is 2.27. The van der Waals surface area contributed by atoms with Crippen molar-refractivity contribution in [3.8, 4) is 11.1 Å². The number of furan rings is 2. The molecule has 0 amide bonds. The van der Waals surface area contributed by atoms with Crippen molar-refractivity contribution >= 4 is 63.1 Å². The largest absolute Gasteiger partial charge is 0.491 e. The van der Waals surface area contributed by atoms with Gasteiger partial charge in [-0.15, -0.1) is 23.2 Å². The van der Waals surface area contributed by atoms with Crippen LogP contribution < -0.4 is 5.46 Å². The molecular formula is C24H24BBrCl2N2O8. The van der Waals surface area contributed by atoms with Crippen LogP contribution in [-0.4, -0.2) is 31.8 Å². The molecule has 0 aliphatic heterocycles. The Morgan fingerprint density at radius 1 is 0.868 bits per heavy atom. The van der Waals surface area contributed by atoms with Crippen LogP contribution in [0.2, 0.25) is 0 Å². The molecule has 0 fully saturated rings. The minimum atomic E-state index is -1.41. The van der Waals surface area contributed by atoms with Crippen molar-refractivity contribution < 1.29 is 28.7 Å². The fraction of sp³-hybridized carbons (Fsp3) is 0.167. The summed E-state index contributed by atoms with van der Waals surface area (Å²) in [5, 5.41) is 37.7. The second kappa shape index (κ2) is 16.6. The van der Waals surface area contributed by atoms with Crippen LogP contribution in [0.1, 0.15) is 18.1 Å². The summed E-state index contributed by atoms with van der Waals surface area (Å²) >= 11 is 13.3. The molecule has 2 heterocycles. The molecule has 38 heavy (non-hydrogen) atoms. The lowest BCUT2D eigenvalue weighted by molar-refractivity contribution is -0.385. The molecule has 0 radical (unpaired) electrons. The van der Waals surface area contributed by atoms with Crippen molar-refractivity contribution in [3.63, 3.8) is 0 Å². The molecule has 0 atom stereocenters. The van der Waals surface area contributed by atoms with Crippen molar-refractivity contribution in [2.75, 3.05) is 0 Å². The first-order chi connectivity index (χ1) is 17.8. The standard InChI is InChI=1S/C11H9NO3.C7H6BrNO2.C4H5BO3.C2H4Cl2/c1-8-2-3-10(12(13)14)6-11(8)9-4-5-15-7-9;1-5-2-3-6(9(10)11)4-7(5)8;6-5(7)4-1-2-8-3-4;1-2(3)4/h2-7H,1H3;2-4H,1H3;1-3,6-7H;2H,1H3. The molecule has 2 aromatic heterocycles.